The fraction of sp³-hybridized carbons (Fsp3) is 0.500. The third-order valence-corrected chi connectivity index (χ3v) is 2.25. The highest BCUT2D eigenvalue weighted by atomic mass is 14.7. The molecular formula is C8H11N. The third kappa shape index (κ3) is 0.680. The Balaban J connectivity index is 2.34. The van der Waals surface area contributed by atoms with E-state index in [9.17, 15) is 0 Å². The molecule has 1 fully saturated rings. The van der Waals surface area contributed by atoms with Crippen LogP contribution < -0.4 is 0 Å². The summed E-state index contributed by atoms with van der Waals surface area (Å²) in [7, 11) is 0. The van der Waals surface area contributed by atoms with Gasteiger partial charge in [-0.05, 0) is 25.0 Å². The summed E-state index contributed by atoms with van der Waals surface area (Å²) in [6.07, 6.45) is 4.71. The third-order valence-electron chi connectivity index (χ3n) is 2.25. The molecule has 48 valence electrons. The number of rotatable bonds is 1. The van der Waals surface area contributed by atoms with Crippen LogP contribution in [-0.2, 0) is 5.41 Å². The second kappa shape index (κ2) is 1.41. The van der Waals surface area contributed by atoms with Gasteiger partial charge in [-0.25, -0.2) is 0 Å². The first-order valence-corrected chi connectivity index (χ1v) is 3.45. The molecule has 1 aliphatic carbocycles. The molecule has 0 unspecified atom stereocenters. The SMILES string of the molecule is CC1(c2ccc[nH]2)CC1. The van der Waals surface area contributed by atoms with Crippen LogP contribution in [0.25, 0.3) is 0 Å². The van der Waals surface area contributed by atoms with Gasteiger partial charge in [0.25, 0.3) is 0 Å². The molecule has 0 saturated heterocycles. The highest BCUT2D eigenvalue weighted by Crippen LogP contribution is 2.46. The summed E-state index contributed by atoms with van der Waals surface area (Å²) in [5.41, 5.74) is 1.92. The summed E-state index contributed by atoms with van der Waals surface area (Å²) in [4.78, 5) is 3.24. The van der Waals surface area contributed by atoms with Crippen LogP contribution in [0.5, 0.6) is 0 Å². The summed E-state index contributed by atoms with van der Waals surface area (Å²) in [5.74, 6) is 0. The molecule has 1 aliphatic rings. The van der Waals surface area contributed by atoms with Crippen molar-refractivity contribution < 1.29 is 0 Å². The van der Waals surface area contributed by atoms with Gasteiger partial charge in [0.15, 0.2) is 0 Å². The topological polar surface area (TPSA) is 15.8 Å². The van der Waals surface area contributed by atoms with E-state index < -0.39 is 0 Å². The van der Waals surface area contributed by atoms with Gasteiger partial charge in [0.2, 0.25) is 0 Å². The molecule has 2 rings (SSSR count). The van der Waals surface area contributed by atoms with E-state index >= 15 is 0 Å². The fourth-order valence-corrected chi connectivity index (χ4v) is 1.16. The largest absolute Gasteiger partial charge is 0.365 e. The molecule has 1 N–H and O–H groups in total. The predicted octanol–water partition coefficient (Wildman–Crippen LogP) is 2.07. The van der Waals surface area contributed by atoms with E-state index in [0.29, 0.717) is 5.41 Å². The lowest BCUT2D eigenvalue weighted by molar-refractivity contribution is 0.758. The molecular weight excluding hydrogens is 110 g/mol. The van der Waals surface area contributed by atoms with Gasteiger partial charge in [-0.3, -0.25) is 0 Å². The van der Waals surface area contributed by atoms with Crippen molar-refractivity contribution in [3.8, 4) is 0 Å². The van der Waals surface area contributed by atoms with Crippen LogP contribution in [0.3, 0.4) is 0 Å². The Morgan fingerprint density at radius 1 is 1.56 bits per heavy atom. The molecule has 1 saturated carbocycles. The second-order valence-corrected chi connectivity index (χ2v) is 3.14. The smallest absolute Gasteiger partial charge is 0.0207 e. The number of aromatic amines is 1. The minimum absolute atomic E-state index is 0.517. The fourth-order valence-electron chi connectivity index (χ4n) is 1.16. The van der Waals surface area contributed by atoms with Crippen molar-refractivity contribution >= 4 is 0 Å². The summed E-state index contributed by atoms with van der Waals surface area (Å²) in [6.45, 7) is 2.30. The molecule has 0 atom stereocenters. The average molecular weight is 121 g/mol. The van der Waals surface area contributed by atoms with E-state index in [1.807, 2.05) is 6.20 Å². The van der Waals surface area contributed by atoms with Crippen molar-refractivity contribution in [2.24, 2.45) is 0 Å². The van der Waals surface area contributed by atoms with Crippen molar-refractivity contribution in [1.29, 1.82) is 0 Å². The minimum Gasteiger partial charge on any atom is -0.365 e. The van der Waals surface area contributed by atoms with Gasteiger partial charge >= 0.3 is 0 Å². The normalized spacial score (nSPS) is 21.9. The van der Waals surface area contributed by atoms with Crippen LogP contribution in [0.15, 0.2) is 18.3 Å². The van der Waals surface area contributed by atoms with E-state index in [-0.39, 0.29) is 0 Å². The van der Waals surface area contributed by atoms with E-state index in [4.69, 9.17) is 0 Å². The minimum atomic E-state index is 0.517. The molecule has 0 aromatic carbocycles. The lowest BCUT2D eigenvalue weighted by atomic mass is 10.1. The van der Waals surface area contributed by atoms with Gasteiger partial charge in [-0.1, -0.05) is 6.92 Å². The lowest BCUT2D eigenvalue weighted by Gasteiger charge is -2.02. The Morgan fingerprint density at radius 3 is 2.78 bits per heavy atom. The van der Waals surface area contributed by atoms with Gasteiger partial charge in [-0.15, -0.1) is 0 Å². The first-order valence-electron chi connectivity index (χ1n) is 3.45. The predicted molar refractivity (Wildman–Crippen MR) is 37.4 cm³/mol. The van der Waals surface area contributed by atoms with Crippen LogP contribution in [0.1, 0.15) is 25.5 Å². The Morgan fingerprint density at radius 2 is 2.33 bits per heavy atom. The zero-order valence-electron chi connectivity index (χ0n) is 5.65. The molecule has 1 heterocycles. The first-order chi connectivity index (χ1) is 4.31. The van der Waals surface area contributed by atoms with Crippen LogP contribution in [-0.4, -0.2) is 4.98 Å². The number of nitrogens with one attached hydrogen (secondary N) is 1. The van der Waals surface area contributed by atoms with Crippen molar-refractivity contribution in [3.05, 3.63) is 24.0 Å². The van der Waals surface area contributed by atoms with Gasteiger partial charge in [0.1, 0.15) is 0 Å². The van der Waals surface area contributed by atoms with Crippen molar-refractivity contribution in [2.75, 3.05) is 0 Å². The molecule has 0 amide bonds. The van der Waals surface area contributed by atoms with E-state index in [1.54, 1.807) is 0 Å². The molecule has 1 heteroatoms. The summed E-state index contributed by atoms with van der Waals surface area (Å²) < 4.78 is 0. The molecule has 1 aromatic heterocycles. The first kappa shape index (κ1) is 5.10. The number of H-pyrrole nitrogens is 1. The Bertz CT molecular complexity index is 194. The quantitative estimate of drug-likeness (QED) is 0.585. The van der Waals surface area contributed by atoms with Crippen LogP contribution >= 0.6 is 0 Å². The number of hydrogen-bond donors (Lipinski definition) is 1. The van der Waals surface area contributed by atoms with Crippen molar-refractivity contribution in [2.45, 2.75) is 25.2 Å². The van der Waals surface area contributed by atoms with Crippen LogP contribution in [0, 0.1) is 0 Å². The zero-order valence-corrected chi connectivity index (χ0v) is 5.65. The maximum absolute atomic E-state index is 3.24. The monoisotopic (exact) mass is 121 g/mol. The van der Waals surface area contributed by atoms with Crippen molar-refractivity contribution in [3.63, 3.8) is 0 Å². The molecule has 0 bridgehead atoms. The maximum atomic E-state index is 3.24. The summed E-state index contributed by atoms with van der Waals surface area (Å²) in [6, 6.07) is 4.24. The summed E-state index contributed by atoms with van der Waals surface area (Å²) in [5, 5.41) is 0. The molecule has 1 nitrogen and oxygen atoms in total. The van der Waals surface area contributed by atoms with Gasteiger partial charge in [0.05, 0.1) is 0 Å². The van der Waals surface area contributed by atoms with Crippen LogP contribution in [0.4, 0.5) is 0 Å². The standard InChI is InChI=1S/C8H11N/c1-8(4-5-8)7-3-2-6-9-7/h2-3,6,9H,4-5H2,1H3. The average Bonchev–Trinajstić information content (AvgIpc) is 2.46. The van der Waals surface area contributed by atoms with Crippen molar-refractivity contribution in [1.82, 2.24) is 4.98 Å². The highest BCUT2D eigenvalue weighted by molar-refractivity contribution is 5.22. The van der Waals surface area contributed by atoms with E-state index in [0.717, 1.165) is 0 Å². The van der Waals surface area contributed by atoms with Gasteiger partial charge in [0, 0.05) is 17.3 Å². The molecule has 0 aliphatic heterocycles. The van der Waals surface area contributed by atoms with E-state index in [1.165, 1.54) is 18.5 Å². The second-order valence-electron chi connectivity index (χ2n) is 3.14. The molecule has 0 radical (unpaired) electrons. The zero-order chi connectivity index (χ0) is 6.32. The molecule has 1 aromatic rings. The van der Waals surface area contributed by atoms with Gasteiger partial charge in [-0.2, -0.15) is 0 Å². The Labute approximate surface area is 55.1 Å². The van der Waals surface area contributed by atoms with E-state index in [2.05, 4.69) is 24.0 Å². The Kier molecular flexibility index (Phi) is 0.797. The highest BCUT2D eigenvalue weighted by Gasteiger charge is 2.39. The molecule has 9 heavy (non-hydrogen) atoms. The summed E-state index contributed by atoms with van der Waals surface area (Å²) >= 11 is 0. The Hall–Kier alpha value is -0.720. The van der Waals surface area contributed by atoms with Gasteiger partial charge < -0.3 is 4.98 Å². The lowest BCUT2D eigenvalue weighted by Crippen LogP contribution is -1.98. The van der Waals surface area contributed by atoms with Crippen LogP contribution in [0.2, 0.25) is 0 Å². The number of aromatic nitrogens is 1. The number of hydrogen-bond acceptors (Lipinski definition) is 0. The molecule has 0 spiro atoms. The maximum Gasteiger partial charge on any atom is 0.0207 e.